The molecule has 1 aliphatic heterocycles. The normalized spacial score (nSPS) is 17.9. The average Bonchev–Trinajstić information content (AvgIpc) is 2.51. The molecule has 1 N–H and O–H groups in total. The predicted octanol–water partition coefficient (Wildman–Crippen LogP) is 3.99. The number of carbonyl (C=O) groups is 1. The molecule has 0 bridgehead atoms. The van der Waals surface area contributed by atoms with Gasteiger partial charge in [-0.1, -0.05) is 0 Å². The van der Waals surface area contributed by atoms with E-state index in [0.29, 0.717) is 23.8 Å². The first-order chi connectivity index (χ1) is 11.4. The van der Waals surface area contributed by atoms with E-state index in [1.165, 1.54) is 0 Å². The quantitative estimate of drug-likeness (QED) is 0.880. The fraction of sp³-hybridized carbons (Fsp3) is 0.611. The minimum absolute atomic E-state index is 0.118. The van der Waals surface area contributed by atoms with Crippen molar-refractivity contribution in [3.63, 3.8) is 0 Å². The third-order valence-electron chi connectivity index (χ3n) is 3.47. The zero-order chi connectivity index (χ0) is 17.6. The second-order valence-electron chi connectivity index (χ2n) is 6.82. The van der Waals surface area contributed by atoms with Crippen molar-refractivity contribution in [2.24, 2.45) is 0 Å². The van der Waals surface area contributed by atoms with Crippen molar-refractivity contribution in [2.75, 3.05) is 25.6 Å². The van der Waals surface area contributed by atoms with Gasteiger partial charge in [0.1, 0.15) is 23.7 Å². The molecule has 1 aliphatic rings. The number of ether oxygens (including phenoxy) is 4. The van der Waals surface area contributed by atoms with E-state index in [9.17, 15) is 4.79 Å². The molecule has 6 nitrogen and oxygen atoms in total. The number of methoxy groups -OCH3 is 1. The highest BCUT2D eigenvalue weighted by molar-refractivity contribution is 5.85. The molecule has 1 unspecified atom stereocenters. The lowest BCUT2D eigenvalue weighted by Crippen LogP contribution is -2.27. The molecule has 1 aromatic rings. The highest BCUT2D eigenvalue weighted by Crippen LogP contribution is 2.27. The Morgan fingerprint density at radius 2 is 2.00 bits per heavy atom. The smallest absolute Gasteiger partial charge is 0.412 e. The third-order valence-corrected chi connectivity index (χ3v) is 3.47. The Balaban J connectivity index is 1.99. The molecule has 0 aromatic heterocycles. The van der Waals surface area contributed by atoms with Crippen LogP contribution in [0.1, 0.15) is 40.0 Å². The zero-order valence-electron chi connectivity index (χ0n) is 14.9. The Labute approximate surface area is 143 Å². The summed E-state index contributed by atoms with van der Waals surface area (Å²) >= 11 is 0. The van der Waals surface area contributed by atoms with Crippen molar-refractivity contribution in [1.82, 2.24) is 0 Å². The van der Waals surface area contributed by atoms with E-state index in [-0.39, 0.29) is 6.10 Å². The van der Waals surface area contributed by atoms with E-state index in [0.717, 1.165) is 25.9 Å². The molecule has 1 aromatic carbocycles. The molecule has 0 aliphatic carbocycles. The second kappa shape index (κ2) is 8.24. The van der Waals surface area contributed by atoms with Gasteiger partial charge in [-0.25, -0.2) is 4.79 Å². The summed E-state index contributed by atoms with van der Waals surface area (Å²) in [5, 5.41) is 2.70. The van der Waals surface area contributed by atoms with Crippen LogP contribution in [0.5, 0.6) is 11.5 Å². The Kier molecular flexibility index (Phi) is 6.31. The number of anilines is 1. The van der Waals surface area contributed by atoms with Gasteiger partial charge < -0.3 is 18.9 Å². The number of hydrogen-bond acceptors (Lipinski definition) is 5. The van der Waals surface area contributed by atoms with Crippen LogP contribution in [0.3, 0.4) is 0 Å². The topological polar surface area (TPSA) is 66.0 Å². The second-order valence-corrected chi connectivity index (χ2v) is 6.82. The number of benzene rings is 1. The monoisotopic (exact) mass is 337 g/mol. The summed E-state index contributed by atoms with van der Waals surface area (Å²) in [5.41, 5.74) is 0.00352. The van der Waals surface area contributed by atoms with E-state index in [1.54, 1.807) is 25.3 Å². The van der Waals surface area contributed by atoms with Gasteiger partial charge in [0.15, 0.2) is 0 Å². The fourth-order valence-corrected chi connectivity index (χ4v) is 2.39. The summed E-state index contributed by atoms with van der Waals surface area (Å²) in [6.07, 6.45) is 2.88. The Hall–Kier alpha value is -1.95. The van der Waals surface area contributed by atoms with Crippen molar-refractivity contribution in [3.05, 3.63) is 18.2 Å². The molecule has 1 amide bonds. The number of nitrogens with one attached hydrogen (secondary N) is 1. The molecule has 1 saturated heterocycles. The Morgan fingerprint density at radius 1 is 1.25 bits per heavy atom. The number of rotatable bonds is 5. The van der Waals surface area contributed by atoms with Gasteiger partial charge in [-0.2, -0.15) is 0 Å². The minimum atomic E-state index is -0.555. The summed E-state index contributed by atoms with van der Waals surface area (Å²) in [6, 6.07) is 5.24. The maximum Gasteiger partial charge on any atom is 0.412 e. The number of carbonyl (C=O) groups excluding carboxylic acids is 1. The van der Waals surface area contributed by atoms with Crippen molar-refractivity contribution < 1.29 is 23.7 Å². The molecule has 0 spiro atoms. The first-order valence-corrected chi connectivity index (χ1v) is 8.29. The first kappa shape index (κ1) is 18.4. The largest absolute Gasteiger partial charge is 0.497 e. The van der Waals surface area contributed by atoms with Crippen LogP contribution in [-0.4, -0.2) is 38.1 Å². The van der Waals surface area contributed by atoms with E-state index in [1.807, 2.05) is 20.8 Å². The van der Waals surface area contributed by atoms with Gasteiger partial charge in [0.2, 0.25) is 0 Å². The van der Waals surface area contributed by atoms with Gasteiger partial charge in [0.05, 0.1) is 18.9 Å². The van der Waals surface area contributed by atoms with E-state index in [2.05, 4.69) is 5.32 Å². The molecular weight excluding hydrogens is 310 g/mol. The summed E-state index contributed by atoms with van der Waals surface area (Å²) in [5.74, 6) is 1.22. The van der Waals surface area contributed by atoms with E-state index in [4.69, 9.17) is 18.9 Å². The van der Waals surface area contributed by atoms with Crippen molar-refractivity contribution in [2.45, 2.75) is 51.7 Å². The van der Waals surface area contributed by atoms with Gasteiger partial charge >= 0.3 is 6.09 Å². The average molecular weight is 337 g/mol. The first-order valence-electron chi connectivity index (χ1n) is 8.29. The standard InChI is InChI=1S/C18H27NO5/c1-18(2,3)24-17(20)19-13-9-15(21-4)11-16(10-13)23-12-14-7-5-6-8-22-14/h9-11,14H,5-8,12H2,1-4H3,(H,19,20). The Bertz CT molecular complexity index is 547. The van der Waals surface area contributed by atoms with Gasteiger partial charge in [0, 0.05) is 24.8 Å². The summed E-state index contributed by atoms with van der Waals surface area (Å²) < 4.78 is 22.0. The molecular formula is C18H27NO5. The molecule has 134 valence electrons. The molecule has 1 heterocycles. The highest BCUT2D eigenvalue weighted by Gasteiger charge is 2.18. The van der Waals surface area contributed by atoms with Crippen LogP contribution in [0.4, 0.5) is 10.5 Å². The SMILES string of the molecule is COc1cc(NC(=O)OC(C)(C)C)cc(OCC2CCCCO2)c1. The maximum absolute atomic E-state index is 11.9. The number of amides is 1. The van der Waals surface area contributed by atoms with E-state index >= 15 is 0 Å². The predicted molar refractivity (Wildman–Crippen MR) is 91.9 cm³/mol. The van der Waals surface area contributed by atoms with Gasteiger partial charge in [-0.3, -0.25) is 5.32 Å². The zero-order valence-corrected chi connectivity index (χ0v) is 14.9. The molecule has 0 radical (unpaired) electrons. The molecule has 1 atom stereocenters. The van der Waals surface area contributed by atoms with Crippen LogP contribution < -0.4 is 14.8 Å². The molecule has 6 heteroatoms. The van der Waals surface area contributed by atoms with Crippen LogP contribution in [0.15, 0.2) is 18.2 Å². The fourth-order valence-electron chi connectivity index (χ4n) is 2.39. The van der Waals surface area contributed by atoms with Crippen LogP contribution >= 0.6 is 0 Å². The van der Waals surface area contributed by atoms with Gasteiger partial charge in [-0.15, -0.1) is 0 Å². The molecule has 2 rings (SSSR count). The van der Waals surface area contributed by atoms with Crippen LogP contribution in [0.25, 0.3) is 0 Å². The lowest BCUT2D eigenvalue weighted by atomic mass is 10.1. The van der Waals surface area contributed by atoms with Gasteiger partial charge in [-0.05, 0) is 40.0 Å². The lowest BCUT2D eigenvalue weighted by Gasteiger charge is -2.23. The highest BCUT2D eigenvalue weighted by atomic mass is 16.6. The van der Waals surface area contributed by atoms with Crippen LogP contribution in [0, 0.1) is 0 Å². The molecule has 0 saturated carbocycles. The minimum Gasteiger partial charge on any atom is -0.497 e. The molecule has 1 fully saturated rings. The van der Waals surface area contributed by atoms with E-state index < -0.39 is 11.7 Å². The molecule has 24 heavy (non-hydrogen) atoms. The summed E-state index contributed by atoms with van der Waals surface area (Å²) in [4.78, 5) is 11.9. The van der Waals surface area contributed by atoms with Crippen LogP contribution in [-0.2, 0) is 9.47 Å². The van der Waals surface area contributed by atoms with Gasteiger partial charge in [0.25, 0.3) is 0 Å². The van der Waals surface area contributed by atoms with Crippen molar-refractivity contribution >= 4 is 11.8 Å². The van der Waals surface area contributed by atoms with Crippen molar-refractivity contribution in [3.8, 4) is 11.5 Å². The van der Waals surface area contributed by atoms with Crippen molar-refractivity contribution in [1.29, 1.82) is 0 Å². The lowest BCUT2D eigenvalue weighted by molar-refractivity contribution is -0.0111. The Morgan fingerprint density at radius 3 is 2.62 bits per heavy atom. The number of hydrogen-bond donors (Lipinski definition) is 1. The maximum atomic E-state index is 11.9. The third kappa shape index (κ3) is 6.28. The summed E-state index contributed by atoms with van der Waals surface area (Å²) in [7, 11) is 1.57. The van der Waals surface area contributed by atoms with Crippen LogP contribution in [0.2, 0.25) is 0 Å². The summed E-state index contributed by atoms with van der Waals surface area (Å²) in [6.45, 7) is 6.72.